The summed E-state index contributed by atoms with van der Waals surface area (Å²) >= 11 is 5.91. The monoisotopic (exact) mass is 487 g/mol. The van der Waals surface area contributed by atoms with Crippen molar-refractivity contribution >= 4 is 42.6 Å². The molecule has 2 aliphatic rings. The average molecular weight is 488 g/mol. The third-order valence-electron chi connectivity index (χ3n) is 4.67. The average Bonchev–Trinajstić information content (AvgIpc) is 3.28. The molecular weight excluding hydrogens is 469 g/mol. The van der Waals surface area contributed by atoms with E-state index in [-0.39, 0.29) is 30.2 Å². The lowest BCUT2D eigenvalue weighted by atomic mass is 9.99. The summed E-state index contributed by atoms with van der Waals surface area (Å²) in [7, 11) is -4.10. The first kappa shape index (κ1) is 22.7. The normalized spacial score (nSPS) is 29.6. The molecule has 0 radical (unpaired) electrons. The van der Waals surface area contributed by atoms with E-state index < -0.39 is 38.7 Å². The van der Waals surface area contributed by atoms with Crippen LogP contribution in [0.5, 0.6) is 0 Å². The van der Waals surface area contributed by atoms with Gasteiger partial charge in [0.1, 0.15) is 24.5 Å². The number of aromatic nitrogens is 4. The maximum absolute atomic E-state index is 12.8. The zero-order valence-corrected chi connectivity index (χ0v) is 18.6. The largest absolute Gasteiger partial charge is 0.510 e. The van der Waals surface area contributed by atoms with Crippen LogP contribution < -0.4 is 5.73 Å². The Labute approximate surface area is 187 Å². The zero-order chi connectivity index (χ0) is 23.1. The molecule has 13 nitrogen and oxygen atoms in total. The number of terminal acetylenes is 1. The van der Waals surface area contributed by atoms with Gasteiger partial charge in [0.15, 0.2) is 17.1 Å². The van der Waals surface area contributed by atoms with Gasteiger partial charge in [-0.3, -0.25) is 13.6 Å². The molecule has 2 aromatic rings. The Hall–Kier alpha value is -2.46. The van der Waals surface area contributed by atoms with E-state index >= 15 is 0 Å². The van der Waals surface area contributed by atoms with Gasteiger partial charge in [-0.05, 0) is 25.4 Å². The predicted octanol–water partition coefficient (Wildman–Crippen LogP) is 2.41. The van der Waals surface area contributed by atoms with E-state index in [4.69, 9.17) is 51.5 Å². The van der Waals surface area contributed by atoms with Crippen molar-refractivity contribution in [2.45, 2.75) is 44.3 Å². The minimum atomic E-state index is -4.10. The molecule has 172 valence electrons. The van der Waals surface area contributed by atoms with E-state index in [9.17, 15) is 9.36 Å². The minimum absolute atomic E-state index is 0.0627. The molecule has 0 saturated carbocycles. The van der Waals surface area contributed by atoms with Crippen molar-refractivity contribution in [3.63, 3.8) is 0 Å². The van der Waals surface area contributed by atoms with Crippen LogP contribution in [-0.4, -0.2) is 56.9 Å². The van der Waals surface area contributed by atoms with Gasteiger partial charge in [-0.15, -0.1) is 6.42 Å². The summed E-state index contributed by atoms with van der Waals surface area (Å²) in [5.74, 6) is 2.61. The predicted molar refractivity (Wildman–Crippen MR) is 108 cm³/mol. The van der Waals surface area contributed by atoms with Gasteiger partial charge in [0.25, 0.3) is 0 Å². The van der Waals surface area contributed by atoms with Gasteiger partial charge in [-0.25, -0.2) is 18.9 Å². The molecule has 4 atom stereocenters. The standard InChI is InChI=1S/C17H19ClN5O8P/c1-4-17-6-27-32(25,28-8-26-16(24)29-9(2)3)31-10(17)5-11(30-17)23-7-20-12-13(19)21-15(18)22-14(12)23/h1,7,9-11H,5-6,8H2,2-3H3,(H2,19,21,22)/t10-,11+,17+,32?/m0/s1. The number of carbonyl (C=O) groups is 1. The number of hydrogen-bond donors (Lipinski definition) is 1. The van der Waals surface area contributed by atoms with Crippen LogP contribution in [0.25, 0.3) is 11.2 Å². The van der Waals surface area contributed by atoms with E-state index in [1.54, 1.807) is 18.4 Å². The topological polar surface area (TPSA) is 159 Å². The van der Waals surface area contributed by atoms with Crippen molar-refractivity contribution in [3.05, 3.63) is 11.6 Å². The van der Waals surface area contributed by atoms with Gasteiger partial charge in [0, 0.05) is 6.42 Å². The molecule has 2 aliphatic heterocycles. The zero-order valence-electron chi connectivity index (χ0n) is 17.0. The fourth-order valence-corrected chi connectivity index (χ4v) is 4.72. The molecule has 0 aliphatic carbocycles. The molecule has 4 heterocycles. The maximum Gasteiger partial charge on any atom is 0.510 e. The number of phosphoric acid groups is 1. The first-order valence-electron chi connectivity index (χ1n) is 9.37. The second-order valence-electron chi connectivity index (χ2n) is 7.17. The molecule has 0 aromatic carbocycles. The number of nitrogens with two attached hydrogens (primary N) is 1. The van der Waals surface area contributed by atoms with Crippen LogP contribution in [0.4, 0.5) is 10.6 Å². The summed E-state index contributed by atoms with van der Waals surface area (Å²) in [4.78, 5) is 23.6. The number of rotatable bonds is 5. The van der Waals surface area contributed by atoms with E-state index in [2.05, 4.69) is 20.9 Å². The minimum Gasteiger partial charge on any atom is -0.432 e. The van der Waals surface area contributed by atoms with Crippen molar-refractivity contribution in [2.24, 2.45) is 0 Å². The first-order valence-corrected chi connectivity index (χ1v) is 11.2. The van der Waals surface area contributed by atoms with Crippen molar-refractivity contribution < 1.29 is 37.1 Å². The molecule has 2 fully saturated rings. The van der Waals surface area contributed by atoms with E-state index in [1.165, 1.54) is 6.33 Å². The summed E-state index contributed by atoms with van der Waals surface area (Å²) in [5, 5.41) is -0.0627. The van der Waals surface area contributed by atoms with Crippen LogP contribution in [0.2, 0.25) is 5.28 Å². The molecule has 0 bridgehead atoms. The van der Waals surface area contributed by atoms with Gasteiger partial charge in [-0.2, -0.15) is 9.97 Å². The lowest BCUT2D eigenvalue weighted by Crippen LogP contribution is -2.46. The molecule has 0 spiro atoms. The Morgan fingerprint density at radius 2 is 2.31 bits per heavy atom. The fraction of sp³-hybridized carbons (Fsp3) is 0.529. The van der Waals surface area contributed by atoms with Gasteiger partial charge in [0.2, 0.25) is 12.1 Å². The summed E-state index contributed by atoms with van der Waals surface area (Å²) < 4.78 is 45.7. The highest BCUT2D eigenvalue weighted by atomic mass is 35.5. The summed E-state index contributed by atoms with van der Waals surface area (Å²) in [5.41, 5.74) is 5.15. The quantitative estimate of drug-likeness (QED) is 0.216. The lowest BCUT2D eigenvalue weighted by molar-refractivity contribution is -0.118. The molecule has 15 heteroatoms. The van der Waals surface area contributed by atoms with Gasteiger partial charge >= 0.3 is 14.0 Å². The molecule has 32 heavy (non-hydrogen) atoms. The van der Waals surface area contributed by atoms with Crippen LogP contribution in [0.1, 0.15) is 26.5 Å². The highest BCUT2D eigenvalue weighted by Gasteiger charge is 2.57. The van der Waals surface area contributed by atoms with Gasteiger partial charge < -0.3 is 19.9 Å². The van der Waals surface area contributed by atoms with Crippen molar-refractivity contribution in [1.82, 2.24) is 19.5 Å². The van der Waals surface area contributed by atoms with E-state index in [0.29, 0.717) is 11.2 Å². The smallest absolute Gasteiger partial charge is 0.432 e. The number of anilines is 1. The Morgan fingerprint density at radius 1 is 1.53 bits per heavy atom. The number of hydrogen-bond acceptors (Lipinski definition) is 12. The molecule has 4 rings (SSSR count). The number of halogens is 1. The third kappa shape index (κ3) is 4.25. The third-order valence-corrected chi connectivity index (χ3v) is 6.22. The summed E-state index contributed by atoms with van der Waals surface area (Å²) in [6.45, 7) is 2.29. The number of ether oxygens (including phenoxy) is 3. The van der Waals surface area contributed by atoms with Crippen molar-refractivity contribution in [3.8, 4) is 12.3 Å². The van der Waals surface area contributed by atoms with Crippen molar-refractivity contribution in [2.75, 3.05) is 19.1 Å². The van der Waals surface area contributed by atoms with Crippen molar-refractivity contribution in [1.29, 1.82) is 0 Å². The Bertz CT molecular complexity index is 1140. The van der Waals surface area contributed by atoms with E-state index in [0.717, 1.165) is 0 Å². The SMILES string of the molecule is C#C[C@@]12COP(=O)(OCOC(=O)OC(C)C)O[C@H]1C[C@H](n1cnc3c(N)nc(Cl)nc31)O2. The fourth-order valence-electron chi connectivity index (χ4n) is 3.25. The summed E-state index contributed by atoms with van der Waals surface area (Å²) in [6.07, 6.45) is 4.34. The highest BCUT2D eigenvalue weighted by Crippen LogP contribution is 2.59. The van der Waals surface area contributed by atoms with Crippen LogP contribution in [0.3, 0.4) is 0 Å². The summed E-state index contributed by atoms with van der Waals surface area (Å²) in [6, 6.07) is 0. The number of fused-ring (bicyclic) bond motifs is 2. The van der Waals surface area contributed by atoms with Crippen LogP contribution in [-0.2, 0) is 32.3 Å². The van der Waals surface area contributed by atoms with Crippen LogP contribution in [0.15, 0.2) is 6.33 Å². The number of nitrogen functional groups attached to an aromatic ring is 1. The molecule has 0 amide bonds. The number of nitrogens with zero attached hydrogens (tertiary/aromatic N) is 4. The molecule has 2 aromatic heterocycles. The van der Waals surface area contributed by atoms with Crippen LogP contribution >= 0.6 is 19.4 Å². The second kappa shape index (κ2) is 8.47. The molecule has 2 N–H and O–H groups in total. The van der Waals surface area contributed by atoms with Gasteiger partial charge in [0.05, 0.1) is 12.4 Å². The maximum atomic E-state index is 12.8. The molecule has 2 saturated heterocycles. The number of phosphoric ester groups is 1. The second-order valence-corrected chi connectivity index (χ2v) is 9.13. The Balaban J connectivity index is 1.48. The number of imidazole rings is 1. The first-order chi connectivity index (χ1) is 15.1. The van der Waals surface area contributed by atoms with E-state index in [1.807, 2.05) is 0 Å². The Morgan fingerprint density at radius 3 is 3.03 bits per heavy atom. The molecule has 1 unspecified atom stereocenters. The highest BCUT2D eigenvalue weighted by molar-refractivity contribution is 7.48. The lowest BCUT2D eigenvalue weighted by Gasteiger charge is -2.36. The number of carbonyl (C=O) groups excluding carboxylic acids is 1. The Kier molecular flexibility index (Phi) is 6.02. The molecular formula is C17H19ClN5O8P. The van der Waals surface area contributed by atoms with Gasteiger partial charge in [-0.1, -0.05) is 5.92 Å². The van der Waals surface area contributed by atoms with Crippen LogP contribution in [0, 0.1) is 12.3 Å².